The number of amides is 1. The number of halogens is 4. The van der Waals surface area contributed by atoms with E-state index in [4.69, 9.17) is 17.3 Å². The lowest BCUT2D eigenvalue weighted by atomic mass is 10.1. The molecule has 0 aromatic heterocycles. The van der Waals surface area contributed by atoms with Crippen molar-refractivity contribution in [2.45, 2.75) is 0 Å². The second-order valence-electron chi connectivity index (χ2n) is 3.93. The Bertz CT molecular complexity index is 694. The highest BCUT2D eigenvalue weighted by molar-refractivity contribution is 9.10. The van der Waals surface area contributed by atoms with E-state index in [1.54, 1.807) is 18.2 Å². The quantitative estimate of drug-likeness (QED) is 0.787. The minimum atomic E-state index is -1.15. The maximum absolute atomic E-state index is 13.2. The molecule has 0 heterocycles. The zero-order valence-electron chi connectivity index (χ0n) is 9.88. The highest BCUT2D eigenvalue weighted by Crippen LogP contribution is 2.27. The fourth-order valence-electron chi connectivity index (χ4n) is 1.54. The molecule has 0 bridgehead atoms. The molecule has 3 N–H and O–H groups in total. The van der Waals surface area contributed by atoms with E-state index in [1.807, 2.05) is 0 Å². The Hall–Kier alpha value is -1.66. The van der Waals surface area contributed by atoms with Gasteiger partial charge < -0.3 is 11.1 Å². The number of nitrogen functional groups attached to an aromatic ring is 1. The van der Waals surface area contributed by atoms with Crippen LogP contribution in [0, 0.1) is 11.6 Å². The molecule has 0 saturated heterocycles. The summed E-state index contributed by atoms with van der Waals surface area (Å²) >= 11 is 9.16. The zero-order valence-corrected chi connectivity index (χ0v) is 12.2. The Morgan fingerprint density at radius 3 is 2.55 bits per heavy atom. The van der Waals surface area contributed by atoms with Gasteiger partial charge in [0.05, 0.1) is 16.3 Å². The van der Waals surface area contributed by atoms with Gasteiger partial charge in [0.1, 0.15) is 0 Å². The van der Waals surface area contributed by atoms with Gasteiger partial charge in [-0.25, -0.2) is 8.78 Å². The van der Waals surface area contributed by atoms with Crippen molar-refractivity contribution < 1.29 is 13.6 Å². The number of carbonyl (C=O) groups is 1. The summed E-state index contributed by atoms with van der Waals surface area (Å²) in [6.45, 7) is 0. The first-order valence-electron chi connectivity index (χ1n) is 5.39. The van der Waals surface area contributed by atoms with Crippen molar-refractivity contribution >= 4 is 44.8 Å². The number of rotatable bonds is 2. The van der Waals surface area contributed by atoms with Gasteiger partial charge in [0.25, 0.3) is 5.91 Å². The van der Waals surface area contributed by atoms with Gasteiger partial charge in [0, 0.05) is 16.2 Å². The van der Waals surface area contributed by atoms with Crippen molar-refractivity contribution in [1.29, 1.82) is 0 Å². The van der Waals surface area contributed by atoms with E-state index < -0.39 is 17.5 Å². The number of hydrogen-bond donors (Lipinski definition) is 2. The number of anilines is 2. The molecule has 0 spiro atoms. The normalized spacial score (nSPS) is 10.4. The van der Waals surface area contributed by atoms with Gasteiger partial charge in [-0.2, -0.15) is 0 Å². The smallest absolute Gasteiger partial charge is 0.257 e. The van der Waals surface area contributed by atoms with Crippen LogP contribution in [0.2, 0.25) is 5.02 Å². The van der Waals surface area contributed by atoms with E-state index in [-0.39, 0.29) is 11.3 Å². The maximum Gasteiger partial charge on any atom is 0.257 e. The van der Waals surface area contributed by atoms with E-state index in [9.17, 15) is 13.6 Å². The summed E-state index contributed by atoms with van der Waals surface area (Å²) in [4.78, 5) is 12.0. The third-order valence-electron chi connectivity index (χ3n) is 2.51. The van der Waals surface area contributed by atoms with Crippen LogP contribution in [0.25, 0.3) is 0 Å². The van der Waals surface area contributed by atoms with Crippen molar-refractivity contribution in [2.75, 3.05) is 11.1 Å². The lowest BCUT2D eigenvalue weighted by molar-refractivity contribution is 0.102. The van der Waals surface area contributed by atoms with Gasteiger partial charge in [-0.15, -0.1) is 0 Å². The Labute approximate surface area is 126 Å². The van der Waals surface area contributed by atoms with Crippen LogP contribution in [0.1, 0.15) is 10.4 Å². The summed E-state index contributed by atoms with van der Waals surface area (Å²) in [5, 5.41) is 2.79. The van der Waals surface area contributed by atoms with E-state index in [0.717, 1.165) is 12.1 Å². The molecule has 7 heteroatoms. The summed E-state index contributed by atoms with van der Waals surface area (Å²) < 4.78 is 26.8. The number of hydrogen-bond acceptors (Lipinski definition) is 2. The second-order valence-corrected chi connectivity index (χ2v) is 5.25. The number of carbonyl (C=O) groups excluding carboxylic acids is 1. The largest absolute Gasteiger partial charge is 0.398 e. The molecule has 20 heavy (non-hydrogen) atoms. The van der Waals surface area contributed by atoms with E-state index >= 15 is 0 Å². The predicted octanol–water partition coefficient (Wildman–Crippen LogP) is 4.22. The summed E-state index contributed by atoms with van der Waals surface area (Å²) in [7, 11) is 0. The minimum Gasteiger partial charge on any atom is -0.398 e. The highest BCUT2D eigenvalue weighted by atomic mass is 79.9. The Balaban J connectivity index is 2.33. The van der Waals surface area contributed by atoms with Crippen LogP contribution in [0.15, 0.2) is 34.8 Å². The average molecular weight is 362 g/mol. The molecule has 0 aliphatic rings. The summed E-state index contributed by atoms with van der Waals surface area (Å²) in [5.41, 5.74) is 5.51. The standard InChI is InChI=1S/C13H8BrClF2N2O/c14-6-1-2-8(15)12(3-6)19-13(20)7-4-9(16)10(17)5-11(7)18/h1-5H,18H2,(H,19,20). The van der Waals surface area contributed by atoms with Crippen molar-refractivity contribution in [3.05, 3.63) is 57.0 Å². The van der Waals surface area contributed by atoms with Crippen LogP contribution in [-0.2, 0) is 0 Å². The Morgan fingerprint density at radius 1 is 1.20 bits per heavy atom. The first-order valence-corrected chi connectivity index (χ1v) is 6.56. The number of benzene rings is 2. The Morgan fingerprint density at radius 2 is 1.85 bits per heavy atom. The number of nitrogens with one attached hydrogen (secondary N) is 1. The monoisotopic (exact) mass is 360 g/mol. The third kappa shape index (κ3) is 3.08. The molecule has 0 aliphatic carbocycles. The summed E-state index contributed by atoms with van der Waals surface area (Å²) in [6.07, 6.45) is 0. The van der Waals surface area contributed by atoms with Crippen molar-refractivity contribution in [2.24, 2.45) is 0 Å². The van der Waals surface area contributed by atoms with Gasteiger partial charge >= 0.3 is 0 Å². The molecule has 0 saturated carbocycles. The third-order valence-corrected chi connectivity index (χ3v) is 3.34. The van der Waals surface area contributed by atoms with Gasteiger partial charge in [-0.3, -0.25) is 4.79 Å². The lowest BCUT2D eigenvalue weighted by Crippen LogP contribution is -2.15. The molecule has 2 rings (SSSR count). The van der Waals surface area contributed by atoms with Crippen molar-refractivity contribution in [3.8, 4) is 0 Å². The first kappa shape index (κ1) is 14.7. The SMILES string of the molecule is Nc1cc(F)c(F)cc1C(=O)Nc1cc(Br)ccc1Cl. The predicted molar refractivity (Wildman–Crippen MR) is 77.9 cm³/mol. The molecule has 0 unspecified atom stereocenters. The van der Waals surface area contributed by atoms with Crippen LogP contribution in [0.4, 0.5) is 20.2 Å². The fraction of sp³-hybridized carbons (Fsp3) is 0. The summed E-state index contributed by atoms with van der Waals surface area (Å²) in [5.74, 6) is -2.94. The lowest BCUT2D eigenvalue weighted by Gasteiger charge is -2.10. The Kier molecular flexibility index (Phi) is 4.25. The minimum absolute atomic E-state index is 0.160. The molecular formula is C13H8BrClF2N2O. The van der Waals surface area contributed by atoms with Gasteiger partial charge in [0.2, 0.25) is 0 Å². The molecule has 1 amide bonds. The van der Waals surface area contributed by atoms with Gasteiger partial charge in [0.15, 0.2) is 11.6 Å². The van der Waals surface area contributed by atoms with Crippen molar-refractivity contribution in [1.82, 2.24) is 0 Å². The van der Waals surface area contributed by atoms with Crippen LogP contribution < -0.4 is 11.1 Å². The van der Waals surface area contributed by atoms with Gasteiger partial charge in [-0.1, -0.05) is 27.5 Å². The molecule has 3 nitrogen and oxygen atoms in total. The van der Waals surface area contributed by atoms with E-state index in [1.165, 1.54) is 0 Å². The fourth-order valence-corrected chi connectivity index (χ4v) is 2.07. The molecule has 0 atom stereocenters. The highest BCUT2D eigenvalue weighted by Gasteiger charge is 2.15. The van der Waals surface area contributed by atoms with Gasteiger partial charge in [-0.05, 0) is 24.3 Å². The molecular weight excluding hydrogens is 354 g/mol. The molecule has 2 aromatic carbocycles. The molecule has 104 valence electrons. The zero-order chi connectivity index (χ0) is 14.9. The van der Waals surface area contributed by atoms with Crippen molar-refractivity contribution in [3.63, 3.8) is 0 Å². The first-order chi connectivity index (χ1) is 9.38. The molecule has 0 fully saturated rings. The average Bonchev–Trinajstić information content (AvgIpc) is 2.38. The molecule has 2 aromatic rings. The second kappa shape index (κ2) is 5.76. The van der Waals surface area contributed by atoms with E-state index in [2.05, 4.69) is 21.2 Å². The maximum atomic E-state index is 13.2. The topological polar surface area (TPSA) is 55.1 Å². The van der Waals surface area contributed by atoms with Crippen LogP contribution >= 0.6 is 27.5 Å². The summed E-state index contributed by atoms with van der Waals surface area (Å²) in [6, 6.07) is 6.36. The van der Waals surface area contributed by atoms with E-state index in [0.29, 0.717) is 15.2 Å². The van der Waals surface area contributed by atoms with Crippen LogP contribution in [0.5, 0.6) is 0 Å². The molecule has 0 radical (unpaired) electrons. The van der Waals surface area contributed by atoms with Crippen LogP contribution in [0.3, 0.4) is 0 Å². The molecule has 0 aliphatic heterocycles. The number of nitrogens with two attached hydrogens (primary N) is 1. The van der Waals surface area contributed by atoms with Crippen LogP contribution in [-0.4, -0.2) is 5.91 Å².